The molecule has 0 spiro atoms. The lowest BCUT2D eigenvalue weighted by Gasteiger charge is -2.09. The first-order valence-corrected chi connectivity index (χ1v) is 8.90. The quantitative estimate of drug-likeness (QED) is 0.764. The van der Waals surface area contributed by atoms with E-state index in [0.29, 0.717) is 0 Å². The molecule has 114 valence electrons. The van der Waals surface area contributed by atoms with Crippen LogP contribution in [0.3, 0.4) is 0 Å². The highest BCUT2D eigenvalue weighted by molar-refractivity contribution is 7.18. The molecular formula is C16H24N4S. The summed E-state index contributed by atoms with van der Waals surface area (Å²) in [6.07, 6.45) is 6.20. The molecule has 0 amide bonds. The molecule has 1 aliphatic carbocycles. The van der Waals surface area contributed by atoms with Crippen molar-refractivity contribution in [3.63, 3.8) is 0 Å². The maximum absolute atomic E-state index is 4.68. The number of hydrogen-bond donors (Lipinski definition) is 2. The second-order valence-corrected chi connectivity index (χ2v) is 6.88. The van der Waals surface area contributed by atoms with Crippen molar-refractivity contribution in [2.75, 3.05) is 23.7 Å². The smallest absolute Gasteiger partial charge is 0.226 e. The second-order valence-electron chi connectivity index (χ2n) is 5.77. The molecule has 2 heterocycles. The fraction of sp³-hybridized carbons (Fsp3) is 0.625. The molecule has 1 aliphatic rings. The molecule has 2 aromatic rings. The Balaban J connectivity index is 1.82. The van der Waals surface area contributed by atoms with E-state index >= 15 is 0 Å². The zero-order chi connectivity index (χ0) is 14.7. The van der Waals surface area contributed by atoms with E-state index in [1.54, 1.807) is 11.3 Å². The number of nitrogens with one attached hydrogen (secondary N) is 2. The normalized spacial score (nSPS) is 14.6. The van der Waals surface area contributed by atoms with Crippen LogP contribution < -0.4 is 10.6 Å². The molecule has 0 saturated heterocycles. The van der Waals surface area contributed by atoms with Crippen molar-refractivity contribution in [1.82, 2.24) is 9.97 Å². The van der Waals surface area contributed by atoms with Crippen LogP contribution in [0.5, 0.6) is 0 Å². The number of thiophene rings is 1. The first-order valence-electron chi connectivity index (χ1n) is 8.08. The highest BCUT2D eigenvalue weighted by Gasteiger charge is 2.20. The minimum atomic E-state index is 0.753. The number of rotatable bonds is 8. The van der Waals surface area contributed by atoms with E-state index in [1.807, 2.05) is 0 Å². The van der Waals surface area contributed by atoms with Gasteiger partial charge in [-0.2, -0.15) is 4.98 Å². The SMILES string of the molecule is CCCNc1nc(NCCC2CC2)c2cc(CC)sc2n1. The van der Waals surface area contributed by atoms with Gasteiger partial charge < -0.3 is 10.6 Å². The van der Waals surface area contributed by atoms with Gasteiger partial charge in [0.05, 0.1) is 5.39 Å². The summed E-state index contributed by atoms with van der Waals surface area (Å²) in [5.41, 5.74) is 0. The van der Waals surface area contributed by atoms with Crippen molar-refractivity contribution in [2.24, 2.45) is 5.92 Å². The number of fused-ring (bicyclic) bond motifs is 1. The van der Waals surface area contributed by atoms with Crippen LogP contribution >= 0.6 is 11.3 Å². The van der Waals surface area contributed by atoms with Crippen molar-refractivity contribution in [3.05, 3.63) is 10.9 Å². The first-order chi connectivity index (χ1) is 10.3. The highest BCUT2D eigenvalue weighted by Crippen LogP contribution is 2.33. The average molecular weight is 304 g/mol. The summed E-state index contributed by atoms with van der Waals surface area (Å²) in [6.45, 7) is 6.27. The van der Waals surface area contributed by atoms with Crippen LogP contribution in [0.25, 0.3) is 10.2 Å². The third-order valence-electron chi connectivity index (χ3n) is 3.87. The molecule has 0 radical (unpaired) electrons. The van der Waals surface area contributed by atoms with Crippen molar-refractivity contribution < 1.29 is 0 Å². The lowest BCUT2D eigenvalue weighted by molar-refractivity contribution is 0.759. The Labute approximate surface area is 130 Å². The van der Waals surface area contributed by atoms with Crippen LogP contribution in [0.4, 0.5) is 11.8 Å². The number of nitrogens with zero attached hydrogens (tertiary/aromatic N) is 2. The fourth-order valence-corrected chi connectivity index (χ4v) is 3.36. The van der Waals surface area contributed by atoms with Crippen molar-refractivity contribution in [1.29, 1.82) is 0 Å². The van der Waals surface area contributed by atoms with Crippen LogP contribution in [0.2, 0.25) is 0 Å². The summed E-state index contributed by atoms with van der Waals surface area (Å²) < 4.78 is 0. The summed E-state index contributed by atoms with van der Waals surface area (Å²) in [5.74, 6) is 2.69. The molecular weight excluding hydrogens is 280 g/mol. The van der Waals surface area contributed by atoms with Gasteiger partial charge in [-0.15, -0.1) is 11.3 Å². The monoisotopic (exact) mass is 304 g/mol. The Kier molecular flexibility index (Phi) is 4.58. The number of hydrogen-bond acceptors (Lipinski definition) is 5. The molecule has 0 bridgehead atoms. The first kappa shape index (κ1) is 14.6. The lowest BCUT2D eigenvalue weighted by Crippen LogP contribution is -2.09. The van der Waals surface area contributed by atoms with E-state index in [1.165, 1.54) is 29.5 Å². The van der Waals surface area contributed by atoms with E-state index in [-0.39, 0.29) is 0 Å². The van der Waals surface area contributed by atoms with E-state index in [4.69, 9.17) is 0 Å². The number of anilines is 2. The van der Waals surface area contributed by atoms with Gasteiger partial charge in [-0.1, -0.05) is 26.7 Å². The molecule has 5 heteroatoms. The Morgan fingerprint density at radius 1 is 1.19 bits per heavy atom. The summed E-state index contributed by atoms with van der Waals surface area (Å²) in [7, 11) is 0. The molecule has 0 atom stereocenters. The number of aryl methyl sites for hydroxylation is 1. The Morgan fingerprint density at radius 3 is 2.76 bits per heavy atom. The molecule has 0 aromatic carbocycles. The van der Waals surface area contributed by atoms with Gasteiger partial charge in [0.15, 0.2) is 0 Å². The van der Waals surface area contributed by atoms with Gasteiger partial charge in [-0.05, 0) is 31.2 Å². The highest BCUT2D eigenvalue weighted by atomic mass is 32.1. The molecule has 0 aliphatic heterocycles. The summed E-state index contributed by atoms with van der Waals surface area (Å²) in [6, 6.07) is 2.24. The molecule has 1 fully saturated rings. The predicted molar refractivity (Wildman–Crippen MR) is 91.4 cm³/mol. The zero-order valence-corrected chi connectivity index (χ0v) is 13.7. The van der Waals surface area contributed by atoms with Crippen LogP contribution in [0.15, 0.2) is 6.07 Å². The van der Waals surface area contributed by atoms with E-state index in [0.717, 1.165) is 48.4 Å². The van der Waals surface area contributed by atoms with Crippen LogP contribution in [0.1, 0.15) is 44.4 Å². The van der Waals surface area contributed by atoms with Gasteiger partial charge >= 0.3 is 0 Å². The summed E-state index contributed by atoms with van der Waals surface area (Å²) in [4.78, 5) is 11.8. The fourth-order valence-electron chi connectivity index (χ4n) is 2.40. The van der Waals surface area contributed by atoms with Gasteiger partial charge in [-0.3, -0.25) is 0 Å². The minimum absolute atomic E-state index is 0.753. The van der Waals surface area contributed by atoms with Crippen molar-refractivity contribution in [3.8, 4) is 0 Å². The minimum Gasteiger partial charge on any atom is -0.369 e. The third-order valence-corrected chi connectivity index (χ3v) is 5.04. The molecule has 2 aromatic heterocycles. The van der Waals surface area contributed by atoms with Crippen molar-refractivity contribution in [2.45, 2.75) is 46.0 Å². The molecule has 0 unspecified atom stereocenters. The maximum atomic E-state index is 4.68. The van der Waals surface area contributed by atoms with Gasteiger partial charge in [-0.25, -0.2) is 4.98 Å². The van der Waals surface area contributed by atoms with E-state index in [2.05, 4.69) is 40.5 Å². The van der Waals surface area contributed by atoms with Crippen LogP contribution in [0, 0.1) is 5.92 Å². The van der Waals surface area contributed by atoms with E-state index in [9.17, 15) is 0 Å². The largest absolute Gasteiger partial charge is 0.369 e. The predicted octanol–water partition coefficient (Wildman–Crippen LogP) is 4.29. The third kappa shape index (κ3) is 3.64. The molecule has 21 heavy (non-hydrogen) atoms. The van der Waals surface area contributed by atoms with E-state index < -0.39 is 0 Å². The number of aromatic nitrogens is 2. The Bertz CT molecular complexity index is 604. The Hall–Kier alpha value is -1.36. The standard InChI is InChI=1S/C16H24N4S/c1-3-8-18-16-19-14(17-9-7-11-5-6-11)13-10-12(4-2)21-15(13)20-16/h10-11H,3-9H2,1-2H3,(H2,17,18,19,20). The topological polar surface area (TPSA) is 49.8 Å². The summed E-state index contributed by atoms with van der Waals surface area (Å²) >= 11 is 1.78. The van der Waals surface area contributed by atoms with Crippen molar-refractivity contribution >= 4 is 33.3 Å². The van der Waals surface area contributed by atoms with Gasteiger partial charge in [0.1, 0.15) is 10.6 Å². The molecule has 2 N–H and O–H groups in total. The average Bonchev–Trinajstić information content (AvgIpc) is 3.22. The van der Waals surface area contributed by atoms with Gasteiger partial charge in [0.2, 0.25) is 5.95 Å². The molecule has 1 saturated carbocycles. The zero-order valence-electron chi connectivity index (χ0n) is 12.9. The lowest BCUT2D eigenvalue weighted by atomic mass is 10.2. The van der Waals surface area contributed by atoms with Crippen LogP contribution in [-0.4, -0.2) is 23.1 Å². The maximum Gasteiger partial charge on any atom is 0.226 e. The van der Waals surface area contributed by atoms with Gasteiger partial charge in [0.25, 0.3) is 0 Å². The van der Waals surface area contributed by atoms with Gasteiger partial charge in [0, 0.05) is 18.0 Å². The second kappa shape index (κ2) is 6.60. The summed E-state index contributed by atoms with van der Waals surface area (Å²) in [5, 5.41) is 8.01. The Morgan fingerprint density at radius 2 is 2.05 bits per heavy atom. The molecule has 4 nitrogen and oxygen atoms in total. The van der Waals surface area contributed by atoms with Crippen LogP contribution in [-0.2, 0) is 6.42 Å². The molecule has 3 rings (SSSR count).